The zero-order valence-corrected chi connectivity index (χ0v) is 9.79. The smallest absolute Gasteiger partial charge is 0.199 e. The number of hydrogen-bond acceptors (Lipinski definition) is 3. The highest BCUT2D eigenvalue weighted by Crippen LogP contribution is 2.29. The minimum atomic E-state index is -0.364. The van der Waals surface area contributed by atoms with Crippen LogP contribution in [0.1, 0.15) is 12.5 Å². The van der Waals surface area contributed by atoms with E-state index in [-0.39, 0.29) is 6.10 Å². The SMILES string of the molecule is C[C@H](O)CNCc1c(Cl)oc2ccccc12. The van der Waals surface area contributed by atoms with E-state index in [1.54, 1.807) is 6.92 Å². The van der Waals surface area contributed by atoms with Crippen molar-refractivity contribution in [1.29, 1.82) is 0 Å². The fourth-order valence-corrected chi connectivity index (χ4v) is 1.89. The van der Waals surface area contributed by atoms with Gasteiger partial charge in [0.1, 0.15) is 5.58 Å². The molecule has 0 fully saturated rings. The van der Waals surface area contributed by atoms with Crippen molar-refractivity contribution in [2.24, 2.45) is 0 Å². The van der Waals surface area contributed by atoms with Gasteiger partial charge in [-0.3, -0.25) is 0 Å². The van der Waals surface area contributed by atoms with E-state index in [2.05, 4.69) is 5.32 Å². The minimum absolute atomic E-state index is 0.364. The van der Waals surface area contributed by atoms with Crippen molar-refractivity contribution in [2.75, 3.05) is 6.54 Å². The Kier molecular flexibility index (Phi) is 3.49. The van der Waals surface area contributed by atoms with Gasteiger partial charge in [0.15, 0.2) is 5.22 Å². The Labute approximate surface area is 99.0 Å². The second-order valence-electron chi connectivity index (χ2n) is 3.83. The number of hydrogen-bond donors (Lipinski definition) is 2. The Hall–Kier alpha value is -1.03. The highest BCUT2D eigenvalue weighted by atomic mass is 35.5. The van der Waals surface area contributed by atoms with Crippen LogP contribution in [0, 0.1) is 0 Å². The molecule has 0 aliphatic rings. The van der Waals surface area contributed by atoms with Gasteiger partial charge in [0.2, 0.25) is 0 Å². The lowest BCUT2D eigenvalue weighted by Gasteiger charge is -2.05. The van der Waals surface area contributed by atoms with Crippen LogP contribution in [0.15, 0.2) is 28.7 Å². The van der Waals surface area contributed by atoms with Gasteiger partial charge in [-0.05, 0) is 24.6 Å². The first-order chi connectivity index (χ1) is 7.68. The maximum atomic E-state index is 9.14. The molecule has 1 aromatic carbocycles. The molecule has 0 saturated heterocycles. The summed E-state index contributed by atoms with van der Waals surface area (Å²) in [6.07, 6.45) is -0.364. The first kappa shape index (κ1) is 11.5. The summed E-state index contributed by atoms with van der Waals surface area (Å²) in [6, 6.07) is 7.73. The van der Waals surface area contributed by atoms with Crippen LogP contribution in [0.4, 0.5) is 0 Å². The Balaban J connectivity index is 2.19. The van der Waals surface area contributed by atoms with Gasteiger partial charge >= 0.3 is 0 Å². The molecular weight excluding hydrogens is 226 g/mol. The van der Waals surface area contributed by atoms with Crippen LogP contribution in [-0.4, -0.2) is 17.8 Å². The van der Waals surface area contributed by atoms with E-state index in [1.165, 1.54) is 0 Å². The Morgan fingerprint density at radius 2 is 2.19 bits per heavy atom. The molecule has 0 radical (unpaired) electrons. The van der Waals surface area contributed by atoms with Crippen LogP contribution in [0.3, 0.4) is 0 Å². The molecule has 0 aliphatic heterocycles. The number of aliphatic hydroxyl groups excluding tert-OH is 1. The number of halogens is 1. The summed E-state index contributed by atoms with van der Waals surface area (Å²) in [4.78, 5) is 0. The molecule has 1 atom stereocenters. The second kappa shape index (κ2) is 4.87. The third-order valence-electron chi connectivity index (χ3n) is 2.39. The second-order valence-corrected chi connectivity index (χ2v) is 4.17. The normalized spacial score (nSPS) is 13.2. The Bertz CT molecular complexity index is 479. The molecule has 3 nitrogen and oxygen atoms in total. The lowest BCUT2D eigenvalue weighted by Crippen LogP contribution is -2.23. The largest absolute Gasteiger partial charge is 0.444 e. The van der Waals surface area contributed by atoms with E-state index < -0.39 is 0 Å². The number of para-hydroxylation sites is 1. The molecule has 0 aliphatic carbocycles. The summed E-state index contributed by atoms with van der Waals surface area (Å²) in [5.41, 5.74) is 1.74. The number of furan rings is 1. The van der Waals surface area contributed by atoms with Crippen molar-refractivity contribution in [2.45, 2.75) is 19.6 Å². The third-order valence-corrected chi connectivity index (χ3v) is 2.70. The summed E-state index contributed by atoms with van der Waals surface area (Å²) in [6.45, 7) is 2.87. The summed E-state index contributed by atoms with van der Waals surface area (Å²) >= 11 is 6.01. The summed E-state index contributed by atoms with van der Waals surface area (Å²) in [7, 11) is 0. The van der Waals surface area contributed by atoms with Gasteiger partial charge in [0.05, 0.1) is 6.10 Å². The third kappa shape index (κ3) is 2.38. The Morgan fingerprint density at radius 1 is 1.44 bits per heavy atom. The molecule has 2 N–H and O–H groups in total. The number of fused-ring (bicyclic) bond motifs is 1. The molecule has 86 valence electrons. The molecule has 2 aromatic rings. The molecule has 1 aromatic heterocycles. The summed E-state index contributed by atoms with van der Waals surface area (Å²) in [5.74, 6) is 0. The number of nitrogens with one attached hydrogen (secondary N) is 1. The standard InChI is InChI=1S/C12H14ClNO2/c1-8(15)6-14-7-10-9-4-2-3-5-11(9)16-12(10)13/h2-5,8,14-15H,6-7H2,1H3/t8-/m0/s1. The van der Waals surface area contributed by atoms with E-state index in [4.69, 9.17) is 21.1 Å². The molecule has 0 amide bonds. The lowest BCUT2D eigenvalue weighted by atomic mass is 10.2. The van der Waals surface area contributed by atoms with Gasteiger partial charge in [-0.15, -0.1) is 0 Å². The molecule has 0 spiro atoms. The highest BCUT2D eigenvalue weighted by molar-refractivity contribution is 6.30. The Morgan fingerprint density at radius 3 is 2.94 bits per heavy atom. The van der Waals surface area contributed by atoms with Gasteiger partial charge in [-0.1, -0.05) is 18.2 Å². The fraction of sp³-hybridized carbons (Fsp3) is 0.333. The summed E-state index contributed by atoms with van der Waals surface area (Å²) in [5, 5.41) is 13.7. The monoisotopic (exact) mass is 239 g/mol. The van der Waals surface area contributed by atoms with Gasteiger partial charge < -0.3 is 14.8 Å². The van der Waals surface area contributed by atoms with Crippen LogP contribution >= 0.6 is 11.6 Å². The van der Waals surface area contributed by atoms with E-state index >= 15 is 0 Å². The van der Waals surface area contributed by atoms with Crippen molar-refractivity contribution in [3.8, 4) is 0 Å². The van der Waals surface area contributed by atoms with Gasteiger partial charge in [-0.2, -0.15) is 0 Å². The van der Waals surface area contributed by atoms with Crippen molar-refractivity contribution in [3.63, 3.8) is 0 Å². The van der Waals surface area contributed by atoms with Gasteiger partial charge in [0, 0.05) is 24.0 Å². The van der Waals surface area contributed by atoms with Crippen molar-refractivity contribution < 1.29 is 9.52 Å². The van der Waals surface area contributed by atoms with Crippen molar-refractivity contribution in [3.05, 3.63) is 35.0 Å². The summed E-state index contributed by atoms with van der Waals surface area (Å²) < 4.78 is 5.42. The average molecular weight is 240 g/mol. The van der Waals surface area contributed by atoms with E-state index in [9.17, 15) is 0 Å². The fourth-order valence-electron chi connectivity index (χ4n) is 1.64. The zero-order chi connectivity index (χ0) is 11.5. The average Bonchev–Trinajstić information content (AvgIpc) is 2.55. The van der Waals surface area contributed by atoms with Crippen LogP contribution in [-0.2, 0) is 6.54 Å². The van der Waals surface area contributed by atoms with Crippen molar-refractivity contribution in [1.82, 2.24) is 5.32 Å². The zero-order valence-electron chi connectivity index (χ0n) is 9.03. The lowest BCUT2D eigenvalue weighted by molar-refractivity contribution is 0.191. The van der Waals surface area contributed by atoms with E-state index in [0.717, 1.165) is 16.5 Å². The van der Waals surface area contributed by atoms with Crippen LogP contribution in [0.25, 0.3) is 11.0 Å². The predicted octanol–water partition coefficient (Wildman–Crippen LogP) is 2.56. The van der Waals surface area contributed by atoms with Crippen LogP contribution in [0.2, 0.25) is 5.22 Å². The van der Waals surface area contributed by atoms with Crippen LogP contribution < -0.4 is 5.32 Å². The minimum Gasteiger partial charge on any atom is -0.444 e. The maximum Gasteiger partial charge on any atom is 0.199 e. The molecular formula is C12H14ClNO2. The van der Waals surface area contributed by atoms with Crippen LogP contribution in [0.5, 0.6) is 0 Å². The highest BCUT2D eigenvalue weighted by Gasteiger charge is 2.11. The molecule has 0 bridgehead atoms. The number of aliphatic hydroxyl groups is 1. The first-order valence-electron chi connectivity index (χ1n) is 5.23. The van der Waals surface area contributed by atoms with Gasteiger partial charge in [-0.25, -0.2) is 0 Å². The molecule has 16 heavy (non-hydrogen) atoms. The van der Waals surface area contributed by atoms with E-state index in [1.807, 2.05) is 24.3 Å². The topological polar surface area (TPSA) is 45.4 Å². The molecule has 2 rings (SSSR count). The molecule has 0 unspecified atom stereocenters. The van der Waals surface area contributed by atoms with Crippen molar-refractivity contribution >= 4 is 22.6 Å². The molecule has 1 heterocycles. The first-order valence-corrected chi connectivity index (χ1v) is 5.61. The van der Waals surface area contributed by atoms with E-state index in [0.29, 0.717) is 18.3 Å². The maximum absolute atomic E-state index is 9.14. The molecule has 0 saturated carbocycles. The molecule has 4 heteroatoms. The quantitative estimate of drug-likeness (QED) is 0.862. The number of benzene rings is 1. The number of rotatable bonds is 4. The van der Waals surface area contributed by atoms with Gasteiger partial charge in [0.25, 0.3) is 0 Å². The predicted molar refractivity (Wildman–Crippen MR) is 64.6 cm³/mol.